The fourth-order valence-corrected chi connectivity index (χ4v) is 5.09. The van der Waals surface area contributed by atoms with Crippen molar-refractivity contribution >= 4 is 39.6 Å². The molecule has 1 heterocycles. The minimum Gasteiger partial charge on any atom is -0.465 e. The molecule has 1 aliphatic rings. The van der Waals surface area contributed by atoms with E-state index in [4.69, 9.17) is 17.0 Å². The molecule has 1 aromatic rings. The Balaban J connectivity index is 2.23. The van der Waals surface area contributed by atoms with Gasteiger partial charge in [-0.15, -0.1) is 11.3 Å². The van der Waals surface area contributed by atoms with E-state index in [2.05, 4.69) is 31.0 Å². The second kappa shape index (κ2) is 10.3. The van der Waals surface area contributed by atoms with Crippen molar-refractivity contribution in [2.24, 2.45) is 5.92 Å². The third kappa shape index (κ3) is 5.19. The lowest BCUT2D eigenvalue weighted by atomic mass is 9.88. The number of thiocarbonyl (C=S) groups is 1. The molecule has 6 heteroatoms. The average Bonchev–Trinajstić information content (AvgIpc) is 2.97. The van der Waals surface area contributed by atoms with E-state index in [9.17, 15) is 4.79 Å². The Morgan fingerprint density at radius 3 is 2.54 bits per heavy atom. The van der Waals surface area contributed by atoms with Crippen LogP contribution in [-0.2, 0) is 17.6 Å². The normalized spacial score (nSPS) is 16.1. The van der Waals surface area contributed by atoms with Gasteiger partial charge in [0.1, 0.15) is 5.00 Å². The van der Waals surface area contributed by atoms with Gasteiger partial charge in [0.2, 0.25) is 0 Å². The van der Waals surface area contributed by atoms with Crippen molar-refractivity contribution in [3.8, 4) is 0 Å². The van der Waals surface area contributed by atoms with E-state index >= 15 is 0 Å². The lowest BCUT2D eigenvalue weighted by molar-refractivity contribution is 0.0601. The van der Waals surface area contributed by atoms with Crippen LogP contribution in [0, 0.1) is 5.92 Å². The molecule has 146 valence electrons. The highest BCUT2D eigenvalue weighted by molar-refractivity contribution is 7.80. The smallest absolute Gasteiger partial charge is 0.341 e. The number of unbranched alkanes of at least 4 members (excludes halogenated alkanes) is 2. The Morgan fingerprint density at radius 2 is 1.96 bits per heavy atom. The summed E-state index contributed by atoms with van der Waals surface area (Å²) in [6.07, 6.45) is 7.63. The fraction of sp³-hybridized carbons (Fsp3) is 0.700. The summed E-state index contributed by atoms with van der Waals surface area (Å²) in [6.45, 7) is 8.57. The van der Waals surface area contributed by atoms with Crippen LogP contribution in [0.5, 0.6) is 0 Å². The third-order valence-corrected chi connectivity index (χ3v) is 6.50. The van der Waals surface area contributed by atoms with Crippen molar-refractivity contribution in [3.63, 3.8) is 0 Å². The minimum absolute atomic E-state index is 0.254. The predicted octanol–water partition coefficient (Wildman–Crippen LogP) is 5.26. The number of fused-ring (bicyclic) bond motifs is 1. The number of hydrogen-bond donors (Lipinski definition) is 1. The molecular formula is C20H32N2O2S2. The van der Waals surface area contributed by atoms with Crippen LogP contribution >= 0.6 is 23.6 Å². The first-order chi connectivity index (χ1) is 12.5. The molecule has 0 fully saturated rings. The Morgan fingerprint density at radius 1 is 1.31 bits per heavy atom. The molecule has 0 aliphatic heterocycles. The van der Waals surface area contributed by atoms with Crippen molar-refractivity contribution < 1.29 is 9.53 Å². The number of thiophene rings is 1. The van der Waals surface area contributed by atoms with Crippen LogP contribution in [0.1, 0.15) is 73.7 Å². The second-order valence-electron chi connectivity index (χ2n) is 7.17. The van der Waals surface area contributed by atoms with Crippen molar-refractivity contribution in [1.29, 1.82) is 0 Å². The Labute approximate surface area is 167 Å². The number of nitrogens with one attached hydrogen (secondary N) is 1. The highest BCUT2D eigenvalue weighted by Gasteiger charge is 2.28. The zero-order valence-corrected chi connectivity index (χ0v) is 18.2. The summed E-state index contributed by atoms with van der Waals surface area (Å²) in [5.74, 6) is 0.410. The molecule has 0 saturated heterocycles. The van der Waals surface area contributed by atoms with Gasteiger partial charge in [0.15, 0.2) is 5.11 Å². The molecule has 1 N–H and O–H groups in total. The van der Waals surface area contributed by atoms with Crippen molar-refractivity contribution in [2.45, 2.75) is 65.7 Å². The highest BCUT2D eigenvalue weighted by atomic mass is 32.1. The van der Waals surface area contributed by atoms with E-state index in [0.717, 1.165) is 68.1 Å². The first kappa shape index (κ1) is 21.2. The Kier molecular flexibility index (Phi) is 8.35. The van der Waals surface area contributed by atoms with Gasteiger partial charge in [-0.2, -0.15) is 0 Å². The van der Waals surface area contributed by atoms with Gasteiger partial charge in [-0.25, -0.2) is 4.79 Å². The first-order valence-electron chi connectivity index (χ1n) is 9.80. The summed E-state index contributed by atoms with van der Waals surface area (Å²) in [5.41, 5.74) is 1.87. The summed E-state index contributed by atoms with van der Waals surface area (Å²) in [5, 5.41) is 4.98. The molecule has 1 aliphatic carbocycles. The first-order valence-corrected chi connectivity index (χ1v) is 11.0. The van der Waals surface area contributed by atoms with Gasteiger partial charge < -0.3 is 15.0 Å². The molecule has 0 amide bonds. The standard InChI is InChI=1S/C20H32N2O2S2/c1-5-7-11-22(12-8-6-2)20(25)21-18-17(19(23)24-4)15-10-9-14(3)13-16(15)26-18/h14H,5-13H2,1-4H3,(H,21,25). The molecule has 0 saturated carbocycles. The molecule has 1 atom stereocenters. The van der Waals surface area contributed by atoms with E-state index in [0.29, 0.717) is 11.5 Å². The van der Waals surface area contributed by atoms with Crippen LogP contribution in [0.2, 0.25) is 0 Å². The van der Waals surface area contributed by atoms with Gasteiger partial charge in [0, 0.05) is 18.0 Å². The predicted molar refractivity (Wildman–Crippen MR) is 114 cm³/mol. The fourth-order valence-electron chi connectivity index (χ4n) is 3.35. The number of anilines is 1. The van der Waals surface area contributed by atoms with Gasteiger partial charge in [0.05, 0.1) is 12.7 Å². The second-order valence-corrected chi connectivity index (χ2v) is 8.66. The largest absolute Gasteiger partial charge is 0.465 e. The average molecular weight is 397 g/mol. The number of nitrogens with zero attached hydrogens (tertiary/aromatic N) is 1. The monoisotopic (exact) mass is 396 g/mol. The van der Waals surface area contributed by atoms with E-state index in [1.165, 1.54) is 17.6 Å². The molecule has 0 aromatic carbocycles. The number of ether oxygens (including phenoxy) is 1. The number of carbonyl (C=O) groups is 1. The van der Waals surface area contributed by atoms with Gasteiger partial charge in [0.25, 0.3) is 0 Å². The summed E-state index contributed by atoms with van der Waals surface area (Å²) in [6, 6.07) is 0. The van der Waals surface area contributed by atoms with Crippen molar-refractivity contribution in [3.05, 3.63) is 16.0 Å². The van der Waals surface area contributed by atoms with Gasteiger partial charge in [-0.1, -0.05) is 33.6 Å². The number of rotatable bonds is 8. The summed E-state index contributed by atoms with van der Waals surface area (Å²) in [7, 11) is 1.45. The lowest BCUT2D eigenvalue weighted by Crippen LogP contribution is -2.36. The molecule has 2 rings (SSSR count). The Bertz CT molecular complexity index is 620. The summed E-state index contributed by atoms with van der Waals surface area (Å²) >= 11 is 7.38. The van der Waals surface area contributed by atoms with Crippen LogP contribution in [-0.4, -0.2) is 36.2 Å². The van der Waals surface area contributed by atoms with Gasteiger partial charge in [-0.3, -0.25) is 0 Å². The van der Waals surface area contributed by atoms with E-state index in [-0.39, 0.29) is 5.97 Å². The third-order valence-electron chi connectivity index (χ3n) is 4.97. The summed E-state index contributed by atoms with van der Waals surface area (Å²) < 4.78 is 5.07. The highest BCUT2D eigenvalue weighted by Crippen LogP contribution is 2.40. The zero-order chi connectivity index (χ0) is 19.1. The quantitative estimate of drug-likeness (QED) is 0.479. The zero-order valence-electron chi connectivity index (χ0n) is 16.5. The van der Waals surface area contributed by atoms with Gasteiger partial charge >= 0.3 is 5.97 Å². The van der Waals surface area contributed by atoms with Crippen molar-refractivity contribution in [1.82, 2.24) is 4.90 Å². The number of esters is 1. The number of hydrogen-bond acceptors (Lipinski definition) is 4. The van der Waals surface area contributed by atoms with Crippen LogP contribution < -0.4 is 5.32 Å². The SMILES string of the molecule is CCCCN(CCCC)C(=S)Nc1sc2c(c1C(=O)OC)CCC(C)C2. The Hall–Kier alpha value is -1.14. The number of carbonyl (C=O) groups excluding carboxylic acids is 1. The molecule has 0 bridgehead atoms. The maximum atomic E-state index is 12.4. The summed E-state index contributed by atoms with van der Waals surface area (Å²) in [4.78, 5) is 16.0. The van der Waals surface area contributed by atoms with Crippen LogP contribution in [0.25, 0.3) is 0 Å². The van der Waals surface area contributed by atoms with E-state index < -0.39 is 0 Å². The molecule has 26 heavy (non-hydrogen) atoms. The number of methoxy groups -OCH3 is 1. The van der Waals surface area contributed by atoms with Gasteiger partial charge in [-0.05, 0) is 55.8 Å². The van der Waals surface area contributed by atoms with E-state index in [1.54, 1.807) is 11.3 Å². The van der Waals surface area contributed by atoms with Crippen LogP contribution in [0.15, 0.2) is 0 Å². The molecular weight excluding hydrogens is 364 g/mol. The molecule has 4 nitrogen and oxygen atoms in total. The maximum absolute atomic E-state index is 12.4. The van der Waals surface area contributed by atoms with Crippen molar-refractivity contribution in [2.75, 3.05) is 25.5 Å². The molecule has 1 aromatic heterocycles. The lowest BCUT2D eigenvalue weighted by Gasteiger charge is -2.25. The van der Waals surface area contributed by atoms with E-state index in [1.807, 2.05) is 0 Å². The molecule has 0 spiro atoms. The maximum Gasteiger partial charge on any atom is 0.341 e. The molecule has 1 unspecified atom stereocenters. The van der Waals surface area contributed by atoms with Crippen LogP contribution in [0.4, 0.5) is 5.00 Å². The van der Waals surface area contributed by atoms with Crippen LogP contribution in [0.3, 0.4) is 0 Å². The molecule has 0 radical (unpaired) electrons. The topological polar surface area (TPSA) is 41.6 Å². The minimum atomic E-state index is -0.254.